The highest BCUT2D eigenvalue weighted by Crippen LogP contribution is 2.45. The number of piperidine rings is 1. The van der Waals surface area contributed by atoms with E-state index in [1.807, 2.05) is 69.3 Å². The molecule has 2 fully saturated rings. The number of anilines is 4. The first kappa shape index (κ1) is 57.7. The standard InChI is InChI=1S/C55H61ClF4N6O7S4/c1-36(2)66-37(3)52(75(5)69)50(51(66)38-11-13-40(56)14-12-38)39-31-41(57)33-45(32-39)65-29-27-64(28-30-65)44-17-15-42(16-18-44)62-77(72,73)47-19-20-48(49(34-47)76(70,71)55(58,59)60)61-43(35-74-46-9-7-6-8-10-46)21-24-63-25-22-54(4,23-26-63)53(67)68/h6-20,31-34,36,43,61-62H,21-30,35H2,1-5H3,(H,67,68)/t43-,75?/m1/s1. The van der Waals surface area contributed by atoms with Gasteiger partial charge in [0.15, 0.2) is 4.90 Å². The first-order chi connectivity index (χ1) is 36.3. The number of sulfone groups is 1. The molecule has 22 heteroatoms. The van der Waals surface area contributed by atoms with E-state index in [2.05, 4.69) is 29.3 Å². The van der Waals surface area contributed by atoms with Crippen molar-refractivity contribution >= 4 is 83.1 Å². The van der Waals surface area contributed by atoms with Gasteiger partial charge < -0.3 is 34.2 Å². The second kappa shape index (κ2) is 23.5. The van der Waals surface area contributed by atoms with Crippen molar-refractivity contribution in [1.29, 1.82) is 0 Å². The molecule has 2 atom stereocenters. The van der Waals surface area contributed by atoms with Crippen LogP contribution < -0.4 is 19.8 Å². The molecule has 3 N–H and O–H groups in total. The summed E-state index contributed by atoms with van der Waals surface area (Å²) in [7, 11) is -10.7. The fraction of sp³-hybridized carbons (Fsp3) is 0.364. The van der Waals surface area contributed by atoms with Gasteiger partial charge in [-0.1, -0.05) is 41.9 Å². The molecule has 5 aromatic carbocycles. The number of hydrogen-bond acceptors (Lipinski definition) is 11. The maximum atomic E-state index is 15.8. The Morgan fingerprint density at radius 2 is 1.47 bits per heavy atom. The second-order valence-electron chi connectivity index (χ2n) is 20.0. The van der Waals surface area contributed by atoms with Crippen molar-refractivity contribution in [3.63, 3.8) is 0 Å². The molecule has 1 aromatic heterocycles. The van der Waals surface area contributed by atoms with E-state index >= 15 is 4.39 Å². The highest BCUT2D eigenvalue weighted by Gasteiger charge is 2.48. The molecule has 0 saturated carbocycles. The van der Waals surface area contributed by atoms with Crippen LogP contribution in [0.3, 0.4) is 0 Å². The zero-order chi connectivity index (χ0) is 55.6. The van der Waals surface area contributed by atoms with Gasteiger partial charge in [-0.15, -0.1) is 11.8 Å². The van der Waals surface area contributed by atoms with Crippen molar-refractivity contribution in [3.8, 4) is 22.4 Å². The molecule has 0 spiro atoms. The van der Waals surface area contributed by atoms with Crippen LogP contribution in [0.15, 0.2) is 135 Å². The maximum absolute atomic E-state index is 15.8. The summed E-state index contributed by atoms with van der Waals surface area (Å²) in [6, 6.07) is 29.9. The van der Waals surface area contributed by atoms with Crippen LogP contribution >= 0.6 is 23.4 Å². The van der Waals surface area contributed by atoms with E-state index in [0.717, 1.165) is 39.7 Å². The summed E-state index contributed by atoms with van der Waals surface area (Å²) in [5, 5.41) is 13.3. The summed E-state index contributed by atoms with van der Waals surface area (Å²) in [5.41, 5.74) is -1.83. The van der Waals surface area contributed by atoms with E-state index in [1.54, 1.807) is 37.4 Å². The average Bonchev–Trinajstić information content (AvgIpc) is 3.77. The normalized spacial score (nSPS) is 16.4. The number of alkyl halides is 3. The predicted octanol–water partition coefficient (Wildman–Crippen LogP) is 11.8. The molecular weight excluding hydrogens is 1100 g/mol. The first-order valence-corrected chi connectivity index (χ1v) is 30.9. The molecule has 6 aromatic rings. The number of benzene rings is 5. The largest absolute Gasteiger partial charge is 0.612 e. The van der Waals surface area contributed by atoms with Gasteiger partial charge in [0.05, 0.1) is 32.9 Å². The number of thioether (sulfide) groups is 1. The lowest BCUT2D eigenvalue weighted by atomic mass is 9.80. The average molecular weight is 1160 g/mol. The Bertz CT molecular complexity index is 3300. The van der Waals surface area contributed by atoms with Gasteiger partial charge >= 0.3 is 11.5 Å². The fourth-order valence-corrected chi connectivity index (χ4v) is 14.3. The number of rotatable bonds is 19. The third kappa shape index (κ3) is 13.0. The van der Waals surface area contributed by atoms with Gasteiger partial charge in [0.25, 0.3) is 19.9 Å². The Kier molecular flexibility index (Phi) is 17.6. The Hall–Kier alpha value is -5.42. The van der Waals surface area contributed by atoms with Crippen molar-refractivity contribution in [2.45, 2.75) is 84.1 Å². The summed E-state index contributed by atoms with van der Waals surface area (Å²) in [6.07, 6.45) is 2.80. The minimum atomic E-state index is -6.08. The number of sulfonamides is 1. The van der Waals surface area contributed by atoms with Gasteiger partial charge in [0, 0.05) is 77.5 Å². The molecule has 77 heavy (non-hydrogen) atoms. The third-order valence-corrected chi connectivity index (χ3v) is 19.7. The van der Waals surface area contributed by atoms with Gasteiger partial charge in [-0.3, -0.25) is 9.52 Å². The van der Waals surface area contributed by atoms with Crippen LogP contribution in [0.25, 0.3) is 22.4 Å². The fourth-order valence-electron chi connectivity index (χ4n) is 10.0. The number of aromatic nitrogens is 1. The number of piperazine rings is 1. The number of likely N-dealkylation sites (tertiary alicyclic amines) is 1. The van der Waals surface area contributed by atoms with Crippen LogP contribution in [0.4, 0.5) is 40.3 Å². The van der Waals surface area contributed by atoms with Crippen molar-refractivity contribution < 1.29 is 48.9 Å². The van der Waals surface area contributed by atoms with Gasteiger partial charge in [-0.2, -0.15) is 13.2 Å². The minimum Gasteiger partial charge on any atom is -0.612 e. The maximum Gasteiger partial charge on any atom is 0.501 e. The molecule has 2 saturated heterocycles. The zero-order valence-electron chi connectivity index (χ0n) is 43.1. The number of aliphatic carboxylic acids is 1. The van der Waals surface area contributed by atoms with E-state index in [9.17, 15) is 44.5 Å². The topological polar surface area (TPSA) is 167 Å². The molecule has 0 bridgehead atoms. The molecular formula is C55H61ClF4N6O7S4. The van der Waals surface area contributed by atoms with Crippen LogP contribution in [0.5, 0.6) is 0 Å². The Morgan fingerprint density at radius 3 is 2.05 bits per heavy atom. The molecule has 0 radical (unpaired) electrons. The lowest BCUT2D eigenvalue weighted by Gasteiger charge is -2.37. The smallest absolute Gasteiger partial charge is 0.501 e. The number of nitrogens with zero attached hydrogens (tertiary/aromatic N) is 4. The van der Waals surface area contributed by atoms with E-state index < -0.39 is 75.3 Å². The summed E-state index contributed by atoms with van der Waals surface area (Å²) >= 11 is 6.26. The monoisotopic (exact) mass is 1160 g/mol. The van der Waals surface area contributed by atoms with E-state index in [1.165, 1.54) is 36.0 Å². The van der Waals surface area contributed by atoms with Crippen LogP contribution in [0, 0.1) is 18.2 Å². The van der Waals surface area contributed by atoms with Crippen LogP contribution in [-0.2, 0) is 35.8 Å². The highest BCUT2D eigenvalue weighted by atomic mass is 35.5. The lowest BCUT2D eigenvalue weighted by molar-refractivity contribution is -0.150. The highest BCUT2D eigenvalue weighted by molar-refractivity contribution is 7.99. The molecule has 2 aliphatic rings. The van der Waals surface area contributed by atoms with Crippen molar-refractivity contribution in [2.75, 3.05) is 77.7 Å². The lowest BCUT2D eigenvalue weighted by Crippen LogP contribution is -2.46. The summed E-state index contributed by atoms with van der Waals surface area (Å²) in [5.74, 6) is -1.02. The zero-order valence-corrected chi connectivity index (χ0v) is 47.1. The van der Waals surface area contributed by atoms with Gasteiger partial charge in [0.2, 0.25) is 0 Å². The van der Waals surface area contributed by atoms with E-state index in [0.29, 0.717) is 104 Å². The molecule has 3 heterocycles. The van der Waals surface area contributed by atoms with Gasteiger partial charge in [0.1, 0.15) is 17.0 Å². The van der Waals surface area contributed by atoms with Crippen molar-refractivity contribution in [3.05, 3.63) is 132 Å². The number of hydrogen-bond donors (Lipinski definition) is 3. The molecule has 0 amide bonds. The molecule has 8 rings (SSSR count). The first-order valence-electron chi connectivity index (χ1n) is 25.0. The van der Waals surface area contributed by atoms with Crippen molar-refractivity contribution in [1.82, 2.24) is 9.47 Å². The summed E-state index contributed by atoms with van der Waals surface area (Å²) < 4.78 is 131. The predicted molar refractivity (Wildman–Crippen MR) is 300 cm³/mol. The number of halogens is 5. The molecule has 13 nitrogen and oxygen atoms in total. The SMILES string of the molecule is Cc1c([S+](C)[O-])c(-c2cc(F)cc(N3CCN(c4ccc(NS(=O)(=O)c5ccc(N[C@H](CCN6CCC(C)(C(=O)O)CC6)CSc6ccccc6)c(S(=O)(=O)C(F)(F)F)c5)cc4)CC3)c2)c(-c2ccc(Cl)cc2)n1C(C)C. The van der Waals surface area contributed by atoms with E-state index in [-0.39, 0.29) is 11.7 Å². The number of carboxylic acids is 1. The Labute approximate surface area is 460 Å². The molecule has 0 aliphatic carbocycles. The van der Waals surface area contributed by atoms with Crippen LogP contribution in [0.2, 0.25) is 5.02 Å². The molecule has 2 aliphatic heterocycles. The van der Waals surface area contributed by atoms with Crippen LogP contribution in [-0.4, -0.2) is 111 Å². The van der Waals surface area contributed by atoms with Gasteiger partial charge in [-0.05, 0) is 167 Å². The van der Waals surface area contributed by atoms with E-state index in [4.69, 9.17) is 11.6 Å². The van der Waals surface area contributed by atoms with Crippen molar-refractivity contribution in [2.24, 2.45) is 5.41 Å². The van der Waals surface area contributed by atoms with Gasteiger partial charge in [-0.25, -0.2) is 21.2 Å². The number of carbonyl (C=O) groups is 1. The quantitative estimate of drug-likeness (QED) is 0.0400. The third-order valence-electron chi connectivity index (χ3n) is 14.3. The Balaban J connectivity index is 0.975. The Morgan fingerprint density at radius 1 is 0.844 bits per heavy atom. The number of nitrogens with one attached hydrogen (secondary N) is 2. The van der Waals surface area contributed by atoms with Crippen LogP contribution in [0.1, 0.15) is 51.8 Å². The minimum absolute atomic E-state index is 0.00607. The molecule has 412 valence electrons. The number of carboxylic acid groups (broad SMARTS) is 1. The summed E-state index contributed by atoms with van der Waals surface area (Å²) in [4.78, 5) is 17.6. The molecule has 1 unspecified atom stereocenters. The summed E-state index contributed by atoms with van der Waals surface area (Å²) in [6.45, 7) is 11.1. The second-order valence-corrected chi connectivity index (χ2v) is 26.4.